The van der Waals surface area contributed by atoms with Crippen molar-refractivity contribution in [3.63, 3.8) is 0 Å². The number of nitrogens with zero attached hydrogens (tertiary/aromatic N) is 2. The van der Waals surface area contributed by atoms with Crippen LogP contribution in [0.3, 0.4) is 0 Å². The third kappa shape index (κ3) is 4.49. The first-order valence-corrected chi connectivity index (χ1v) is 8.53. The van der Waals surface area contributed by atoms with Crippen molar-refractivity contribution < 1.29 is 13.2 Å². The molecule has 1 aliphatic rings. The second kappa shape index (κ2) is 7.99. The number of rotatable bonds is 6. The minimum Gasteiger partial charge on any atom is -0.369 e. The fraction of sp³-hybridized carbons (Fsp3) is 0.400. The van der Waals surface area contributed by atoms with Gasteiger partial charge in [-0.3, -0.25) is 0 Å². The molecule has 0 spiro atoms. The number of nitrogens with two attached hydrogens (primary N) is 1. The predicted octanol–water partition coefficient (Wildman–Crippen LogP) is 4.26. The maximum atomic E-state index is 13.5. The summed E-state index contributed by atoms with van der Waals surface area (Å²) in [5.41, 5.74) is 7.51. The lowest BCUT2D eigenvalue weighted by molar-refractivity contribution is -0.101. The highest BCUT2D eigenvalue weighted by Gasteiger charge is 2.42. The van der Waals surface area contributed by atoms with Gasteiger partial charge in [0.1, 0.15) is 6.17 Å². The minimum atomic E-state index is -4.47. The fourth-order valence-electron chi connectivity index (χ4n) is 3.03. The molecule has 0 fully saturated rings. The van der Waals surface area contributed by atoms with Gasteiger partial charge >= 0.3 is 6.18 Å². The lowest BCUT2D eigenvalue weighted by Gasteiger charge is -2.39. The molecule has 0 amide bonds. The summed E-state index contributed by atoms with van der Waals surface area (Å²) in [6.45, 7) is 6.27. The van der Waals surface area contributed by atoms with Gasteiger partial charge in [-0.1, -0.05) is 43.3 Å². The summed E-state index contributed by atoms with van der Waals surface area (Å²) in [6, 6.07) is 9.65. The van der Waals surface area contributed by atoms with Crippen LogP contribution in [0.2, 0.25) is 0 Å². The molecule has 0 bridgehead atoms. The maximum absolute atomic E-state index is 13.5. The molecule has 6 heteroatoms. The van der Waals surface area contributed by atoms with Crippen molar-refractivity contribution in [2.45, 2.75) is 32.2 Å². The molecule has 2 rings (SSSR count). The van der Waals surface area contributed by atoms with Gasteiger partial charge < -0.3 is 15.5 Å². The molecule has 0 aromatic heterocycles. The number of halogens is 3. The van der Waals surface area contributed by atoms with E-state index in [0.29, 0.717) is 18.7 Å². The Morgan fingerprint density at radius 2 is 1.92 bits per heavy atom. The van der Waals surface area contributed by atoms with Crippen LogP contribution in [0, 0.1) is 5.92 Å². The number of hydrogen-bond acceptors (Lipinski definition) is 3. The summed E-state index contributed by atoms with van der Waals surface area (Å²) >= 11 is 0. The van der Waals surface area contributed by atoms with Gasteiger partial charge in [0.25, 0.3) is 0 Å². The second-order valence-corrected chi connectivity index (χ2v) is 6.74. The van der Waals surface area contributed by atoms with Gasteiger partial charge in [0.2, 0.25) is 0 Å². The van der Waals surface area contributed by atoms with E-state index in [0.717, 1.165) is 11.3 Å². The zero-order chi connectivity index (χ0) is 19.5. The Balaban J connectivity index is 2.47. The van der Waals surface area contributed by atoms with Gasteiger partial charge in [-0.2, -0.15) is 13.2 Å². The van der Waals surface area contributed by atoms with Gasteiger partial charge in [-0.15, -0.1) is 6.58 Å². The highest BCUT2D eigenvalue weighted by atomic mass is 19.4. The van der Waals surface area contributed by atoms with Crippen molar-refractivity contribution in [2.24, 2.45) is 11.7 Å². The van der Waals surface area contributed by atoms with Gasteiger partial charge in [0, 0.05) is 26.3 Å². The van der Waals surface area contributed by atoms with E-state index >= 15 is 0 Å². The largest absolute Gasteiger partial charge is 0.416 e. The quantitative estimate of drug-likeness (QED) is 0.765. The topological polar surface area (TPSA) is 32.5 Å². The zero-order valence-corrected chi connectivity index (χ0v) is 15.4. The van der Waals surface area contributed by atoms with Gasteiger partial charge in [-0.25, -0.2) is 0 Å². The van der Waals surface area contributed by atoms with Gasteiger partial charge in [0.15, 0.2) is 0 Å². The third-order valence-corrected chi connectivity index (χ3v) is 4.67. The molecular formula is C20H26F3N3. The van der Waals surface area contributed by atoms with Crippen LogP contribution in [0.5, 0.6) is 0 Å². The van der Waals surface area contributed by atoms with Crippen molar-refractivity contribution in [1.29, 1.82) is 0 Å². The minimum absolute atomic E-state index is 0.126. The average Bonchev–Trinajstić information content (AvgIpc) is 2.58. The first-order valence-electron chi connectivity index (χ1n) is 8.53. The molecule has 0 aliphatic carbocycles. The monoisotopic (exact) mass is 365 g/mol. The Hall–Kier alpha value is -2.21. The van der Waals surface area contributed by atoms with Crippen molar-refractivity contribution >= 4 is 0 Å². The Morgan fingerprint density at radius 1 is 1.31 bits per heavy atom. The molecule has 1 aromatic carbocycles. The highest BCUT2D eigenvalue weighted by Crippen LogP contribution is 2.37. The molecule has 0 saturated heterocycles. The van der Waals surface area contributed by atoms with E-state index in [9.17, 15) is 13.2 Å². The molecule has 2 atom stereocenters. The number of hydrogen-bond donors (Lipinski definition) is 1. The number of alkyl halides is 3. The van der Waals surface area contributed by atoms with E-state index in [1.54, 1.807) is 20.2 Å². The molecule has 1 aliphatic heterocycles. The zero-order valence-electron chi connectivity index (χ0n) is 15.4. The van der Waals surface area contributed by atoms with E-state index in [1.807, 2.05) is 42.2 Å². The van der Waals surface area contributed by atoms with Crippen molar-refractivity contribution in [3.05, 3.63) is 71.6 Å². The molecule has 26 heavy (non-hydrogen) atoms. The lowest BCUT2D eigenvalue weighted by atomic mass is 9.97. The molecule has 0 saturated carbocycles. The smallest absolute Gasteiger partial charge is 0.369 e. The molecule has 142 valence electrons. The van der Waals surface area contributed by atoms with Crippen molar-refractivity contribution in [1.82, 2.24) is 9.80 Å². The molecule has 0 radical (unpaired) electrons. The Labute approximate surface area is 153 Å². The van der Waals surface area contributed by atoms with Crippen molar-refractivity contribution in [3.8, 4) is 0 Å². The predicted molar refractivity (Wildman–Crippen MR) is 98.8 cm³/mol. The number of benzene rings is 1. The SMILES string of the molecule is C=C[C@H](C)CC1=C(N(C)Cc2ccccc2)C=C(C(F)(F)F)C(N)N1C. The molecule has 3 nitrogen and oxygen atoms in total. The first kappa shape index (κ1) is 20.1. The fourth-order valence-corrected chi connectivity index (χ4v) is 3.03. The normalized spacial score (nSPS) is 19.3. The van der Waals surface area contributed by atoms with E-state index in [2.05, 4.69) is 6.58 Å². The number of likely N-dealkylation sites (N-methyl/N-ethyl adjacent to an activating group) is 2. The van der Waals surface area contributed by atoms with Crippen LogP contribution in [-0.2, 0) is 6.54 Å². The first-order chi connectivity index (χ1) is 12.1. The van der Waals surface area contributed by atoms with Crippen LogP contribution >= 0.6 is 0 Å². The lowest BCUT2D eigenvalue weighted by Crippen LogP contribution is -2.48. The van der Waals surface area contributed by atoms with Gasteiger partial charge in [-0.05, 0) is 24.0 Å². The highest BCUT2D eigenvalue weighted by molar-refractivity contribution is 5.37. The number of allylic oxidation sites excluding steroid dienone is 3. The van der Waals surface area contributed by atoms with Crippen molar-refractivity contribution in [2.75, 3.05) is 14.1 Å². The van der Waals surface area contributed by atoms with Crippen LogP contribution in [-0.4, -0.2) is 36.2 Å². The average molecular weight is 365 g/mol. The maximum Gasteiger partial charge on any atom is 0.416 e. The Kier molecular flexibility index (Phi) is 6.18. The molecule has 1 aromatic rings. The van der Waals surface area contributed by atoms with Crippen LogP contribution < -0.4 is 5.73 Å². The Bertz CT molecular complexity index is 692. The van der Waals surface area contributed by atoms with Gasteiger partial charge in [0.05, 0.1) is 11.3 Å². The molecule has 1 heterocycles. The van der Waals surface area contributed by atoms with E-state index in [-0.39, 0.29) is 5.92 Å². The molecule has 2 N–H and O–H groups in total. The summed E-state index contributed by atoms with van der Waals surface area (Å²) in [5.74, 6) is 0.126. The van der Waals surface area contributed by atoms with E-state index < -0.39 is 17.9 Å². The summed E-state index contributed by atoms with van der Waals surface area (Å²) < 4.78 is 40.4. The van der Waals surface area contributed by atoms with Crippen LogP contribution in [0.1, 0.15) is 18.9 Å². The molecular weight excluding hydrogens is 339 g/mol. The summed E-state index contributed by atoms with van der Waals surface area (Å²) in [4.78, 5) is 3.37. The second-order valence-electron chi connectivity index (χ2n) is 6.74. The Morgan fingerprint density at radius 3 is 2.46 bits per heavy atom. The standard InChI is InChI=1S/C20H26F3N3/c1-5-14(2)11-18-17(25(3)13-15-9-7-6-8-10-15)12-16(20(21,22)23)19(24)26(18)4/h5-10,12,14,19H,1,11,13,24H2,2-4H3/t14-,19?/m0/s1. The molecule has 1 unspecified atom stereocenters. The summed E-state index contributed by atoms with van der Waals surface area (Å²) in [7, 11) is 3.42. The van der Waals surface area contributed by atoms with Crippen LogP contribution in [0.4, 0.5) is 13.2 Å². The van der Waals surface area contributed by atoms with E-state index in [1.165, 1.54) is 11.0 Å². The summed E-state index contributed by atoms with van der Waals surface area (Å²) in [6.07, 6.45) is -2.12. The van der Waals surface area contributed by atoms with E-state index in [4.69, 9.17) is 5.73 Å². The van der Waals surface area contributed by atoms with Crippen LogP contribution in [0.15, 0.2) is 66.0 Å². The summed E-state index contributed by atoms with van der Waals surface area (Å²) in [5, 5.41) is 0. The van der Waals surface area contributed by atoms with Crippen LogP contribution in [0.25, 0.3) is 0 Å². The third-order valence-electron chi connectivity index (χ3n) is 4.67.